The van der Waals surface area contributed by atoms with Gasteiger partial charge in [0.1, 0.15) is 0 Å². The maximum Gasteiger partial charge on any atom is 0.0236 e. The first-order valence-corrected chi connectivity index (χ1v) is 8.31. The van der Waals surface area contributed by atoms with Crippen molar-refractivity contribution in [3.63, 3.8) is 0 Å². The molecule has 20 heavy (non-hydrogen) atoms. The highest BCUT2D eigenvalue weighted by Crippen LogP contribution is 2.34. The Balaban J connectivity index is 1.68. The third-order valence-corrected chi connectivity index (χ3v) is 5.11. The summed E-state index contributed by atoms with van der Waals surface area (Å²) in [4.78, 5) is 2.70. The molecule has 1 aromatic carbocycles. The summed E-state index contributed by atoms with van der Waals surface area (Å²) < 4.78 is 0. The zero-order valence-electron chi connectivity index (χ0n) is 12.8. The van der Waals surface area contributed by atoms with Crippen molar-refractivity contribution in [3.8, 4) is 0 Å². The van der Waals surface area contributed by atoms with E-state index in [1.54, 1.807) is 11.1 Å². The summed E-state index contributed by atoms with van der Waals surface area (Å²) in [7, 11) is 0. The second-order valence-corrected chi connectivity index (χ2v) is 6.76. The molecule has 0 radical (unpaired) electrons. The summed E-state index contributed by atoms with van der Waals surface area (Å²) in [5, 5.41) is 3.64. The molecule has 0 saturated carbocycles. The predicted molar refractivity (Wildman–Crippen MR) is 84.9 cm³/mol. The molecule has 2 aliphatic rings. The topological polar surface area (TPSA) is 15.3 Å². The number of nitrogens with zero attached hydrogens (tertiary/aromatic N) is 1. The fraction of sp³-hybridized carbons (Fsp3) is 0.667. The van der Waals surface area contributed by atoms with Crippen LogP contribution in [0.4, 0.5) is 0 Å². The van der Waals surface area contributed by atoms with Crippen LogP contribution in [-0.4, -0.2) is 31.1 Å². The number of hydrogen-bond acceptors (Lipinski definition) is 2. The molecule has 1 N–H and O–H groups in total. The van der Waals surface area contributed by atoms with Crippen LogP contribution in [0.2, 0.25) is 0 Å². The standard InChI is InChI=1S/C18H28N2/c1-2-9-18(10-5-11-19-14-18)15-20-12-8-16-6-3-4-7-17(16)13-20/h3-4,6-7,19H,2,5,8-15H2,1H3. The first-order chi connectivity index (χ1) is 9.81. The highest BCUT2D eigenvalue weighted by Gasteiger charge is 2.33. The average molecular weight is 272 g/mol. The molecule has 0 spiro atoms. The van der Waals surface area contributed by atoms with Crippen molar-refractivity contribution >= 4 is 0 Å². The van der Waals surface area contributed by atoms with Crippen molar-refractivity contribution < 1.29 is 0 Å². The van der Waals surface area contributed by atoms with E-state index >= 15 is 0 Å². The summed E-state index contributed by atoms with van der Waals surface area (Å²) in [6.07, 6.45) is 6.67. The van der Waals surface area contributed by atoms with Gasteiger partial charge in [-0.3, -0.25) is 4.90 Å². The summed E-state index contributed by atoms with van der Waals surface area (Å²) >= 11 is 0. The van der Waals surface area contributed by atoms with Gasteiger partial charge in [-0.05, 0) is 48.8 Å². The van der Waals surface area contributed by atoms with Gasteiger partial charge in [-0.1, -0.05) is 37.6 Å². The third-order valence-electron chi connectivity index (χ3n) is 5.11. The number of piperidine rings is 1. The summed E-state index contributed by atoms with van der Waals surface area (Å²) in [6.45, 7) is 8.45. The van der Waals surface area contributed by atoms with Gasteiger partial charge in [-0.2, -0.15) is 0 Å². The van der Waals surface area contributed by atoms with E-state index in [9.17, 15) is 0 Å². The molecule has 2 nitrogen and oxygen atoms in total. The summed E-state index contributed by atoms with van der Waals surface area (Å²) in [5.74, 6) is 0. The van der Waals surface area contributed by atoms with E-state index < -0.39 is 0 Å². The molecule has 1 atom stereocenters. The smallest absolute Gasteiger partial charge is 0.0236 e. The van der Waals surface area contributed by atoms with Crippen molar-refractivity contribution in [1.29, 1.82) is 0 Å². The zero-order valence-corrected chi connectivity index (χ0v) is 12.8. The Morgan fingerprint density at radius 1 is 1.25 bits per heavy atom. The molecule has 0 bridgehead atoms. The zero-order chi connectivity index (χ0) is 13.8. The van der Waals surface area contributed by atoms with Crippen molar-refractivity contribution in [3.05, 3.63) is 35.4 Å². The molecule has 0 amide bonds. The number of rotatable bonds is 4. The van der Waals surface area contributed by atoms with E-state index in [1.165, 1.54) is 58.3 Å². The first-order valence-electron chi connectivity index (χ1n) is 8.31. The normalized spacial score (nSPS) is 27.2. The van der Waals surface area contributed by atoms with Crippen molar-refractivity contribution in [2.45, 2.75) is 45.6 Å². The highest BCUT2D eigenvalue weighted by atomic mass is 15.1. The Kier molecular flexibility index (Phi) is 4.42. The number of fused-ring (bicyclic) bond motifs is 1. The molecule has 2 heteroatoms. The Labute approximate surface area is 123 Å². The largest absolute Gasteiger partial charge is 0.316 e. The van der Waals surface area contributed by atoms with Gasteiger partial charge in [-0.15, -0.1) is 0 Å². The van der Waals surface area contributed by atoms with Crippen molar-refractivity contribution in [2.75, 3.05) is 26.2 Å². The van der Waals surface area contributed by atoms with Gasteiger partial charge in [-0.25, -0.2) is 0 Å². The van der Waals surface area contributed by atoms with E-state index in [0.29, 0.717) is 5.41 Å². The Morgan fingerprint density at radius 3 is 2.85 bits per heavy atom. The minimum atomic E-state index is 0.527. The highest BCUT2D eigenvalue weighted by molar-refractivity contribution is 5.29. The molecule has 1 fully saturated rings. The van der Waals surface area contributed by atoms with Crippen LogP contribution in [-0.2, 0) is 13.0 Å². The minimum absolute atomic E-state index is 0.527. The van der Waals surface area contributed by atoms with Gasteiger partial charge < -0.3 is 5.32 Å². The van der Waals surface area contributed by atoms with Gasteiger partial charge in [0.25, 0.3) is 0 Å². The molecular weight excluding hydrogens is 244 g/mol. The number of nitrogens with one attached hydrogen (secondary N) is 1. The average Bonchev–Trinajstić information content (AvgIpc) is 2.48. The lowest BCUT2D eigenvalue weighted by molar-refractivity contribution is 0.0977. The number of benzene rings is 1. The van der Waals surface area contributed by atoms with E-state index in [1.807, 2.05) is 0 Å². The second-order valence-electron chi connectivity index (χ2n) is 6.76. The molecule has 1 saturated heterocycles. The van der Waals surface area contributed by atoms with Crippen molar-refractivity contribution in [2.24, 2.45) is 5.41 Å². The molecule has 1 aromatic rings. The lowest BCUT2D eigenvalue weighted by Gasteiger charge is -2.43. The molecule has 2 aliphatic heterocycles. The quantitative estimate of drug-likeness (QED) is 0.905. The van der Waals surface area contributed by atoms with Crippen LogP contribution in [0.15, 0.2) is 24.3 Å². The van der Waals surface area contributed by atoms with Crippen LogP contribution in [0.5, 0.6) is 0 Å². The lowest BCUT2D eigenvalue weighted by Crippen LogP contribution is -2.48. The maximum absolute atomic E-state index is 3.64. The van der Waals surface area contributed by atoms with Crippen LogP contribution < -0.4 is 5.32 Å². The van der Waals surface area contributed by atoms with E-state index in [-0.39, 0.29) is 0 Å². The van der Waals surface area contributed by atoms with Crippen LogP contribution in [0.1, 0.15) is 43.7 Å². The van der Waals surface area contributed by atoms with Gasteiger partial charge >= 0.3 is 0 Å². The van der Waals surface area contributed by atoms with Crippen LogP contribution in [0.25, 0.3) is 0 Å². The first kappa shape index (κ1) is 14.1. The van der Waals surface area contributed by atoms with E-state index in [2.05, 4.69) is 41.4 Å². The Bertz CT molecular complexity index is 429. The molecule has 2 heterocycles. The molecule has 1 unspecified atom stereocenters. The molecule has 0 aromatic heterocycles. The molecule has 0 aliphatic carbocycles. The predicted octanol–water partition coefficient (Wildman–Crippen LogP) is 3.21. The van der Waals surface area contributed by atoms with Crippen LogP contribution >= 0.6 is 0 Å². The minimum Gasteiger partial charge on any atom is -0.316 e. The SMILES string of the molecule is CCCC1(CN2CCc3ccccc3C2)CCCNC1. The van der Waals surface area contributed by atoms with Crippen LogP contribution in [0.3, 0.4) is 0 Å². The Morgan fingerprint density at radius 2 is 2.10 bits per heavy atom. The fourth-order valence-corrected chi connectivity index (χ4v) is 4.15. The molecule has 3 rings (SSSR count). The van der Waals surface area contributed by atoms with Gasteiger partial charge in [0.2, 0.25) is 0 Å². The van der Waals surface area contributed by atoms with E-state index in [0.717, 1.165) is 6.54 Å². The monoisotopic (exact) mass is 272 g/mol. The van der Waals surface area contributed by atoms with Crippen LogP contribution in [0, 0.1) is 5.41 Å². The maximum atomic E-state index is 3.64. The fourth-order valence-electron chi connectivity index (χ4n) is 4.15. The third kappa shape index (κ3) is 3.07. The Hall–Kier alpha value is -0.860. The van der Waals surface area contributed by atoms with Gasteiger partial charge in [0.15, 0.2) is 0 Å². The second kappa shape index (κ2) is 6.28. The van der Waals surface area contributed by atoms with Gasteiger partial charge in [0, 0.05) is 26.2 Å². The number of hydrogen-bond donors (Lipinski definition) is 1. The summed E-state index contributed by atoms with van der Waals surface area (Å²) in [6, 6.07) is 8.98. The summed E-state index contributed by atoms with van der Waals surface area (Å²) in [5.41, 5.74) is 3.64. The van der Waals surface area contributed by atoms with Crippen molar-refractivity contribution in [1.82, 2.24) is 10.2 Å². The van der Waals surface area contributed by atoms with E-state index in [4.69, 9.17) is 0 Å². The molecular formula is C18H28N2. The molecule has 110 valence electrons. The van der Waals surface area contributed by atoms with Gasteiger partial charge in [0.05, 0.1) is 0 Å². The lowest BCUT2D eigenvalue weighted by atomic mass is 9.76.